The second-order valence-corrected chi connectivity index (χ2v) is 9.26. The highest BCUT2D eigenvalue weighted by Gasteiger charge is 2.11. The quantitative estimate of drug-likeness (QED) is 0.182. The van der Waals surface area contributed by atoms with Crippen LogP contribution in [0.4, 0.5) is 17.2 Å². The number of aromatic nitrogens is 3. The molecular formula is C27H29N5O3S. The van der Waals surface area contributed by atoms with Crippen molar-refractivity contribution in [2.75, 3.05) is 17.7 Å². The molecule has 36 heavy (non-hydrogen) atoms. The number of benzene rings is 2. The molecule has 0 aliphatic rings. The van der Waals surface area contributed by atoms with E-state index in [1.165, 1.54) is 0 Å². The molecular weight excluding hydrogens is 474 g/mol. The number of phenols is 1. The lowest BCUT2D eigenvalue weighted by Crippen LogP contribution is -2.12. The number of carbonyl (C=O) groups excluding carboxylic acids is 1. The van der Waals surface area contributed by atoms with E-state index in [9.17, 15) is 9.90 Å². The van der Waals surface area contributed by atoms with Crippen molar-refractivity contribution in [3.05, 3.63) is 83.7 Å². The molecule has 8 nitrogen and oxygen atoms in total. The molecule has 0 bridgehead atoms. The number of aromatic amines is 1. The summed E-state index contributed by atoms with van der Waals surface area (Å²) in [5.74, 6) is 1.97. The first kappa shape index (κ1) is 25.1. The van der Waals surface area contributed by atoms with Gasteiger partial charge in [-0.2, -0.15) is 5.10 Å². The average molecular weight is 504 g/mol. The van der Waals surface area contributed by atoms with Gasteiger partial charge in [0.2, 0.25) is 5.88 Å². The number of anilines is 3. The largest absolute Gasteiger partial charge is 0.508 e. The number of phenolic OH excluding ortho intramolecular Hbond substituents is 1. The van der Waals surface area contributed by atoms with Crippen LogP contribution < -0.4 is 15.4 Å². The van der Waals surface area contributed by atoms with Gasteiger partial charge in [-0.05, 0) is 60.9 Å². The summed E-state index contributed by atoms with van der Waals surface area (Å²) in [5.41, 5.74) is 3.82. The molecule has 0 saturated carbocycles. The molecule has 0 aliphatic heterocycles. The fourth-order valence-corrected chi connectivity index (χ4v) is 4.40. The van der Waals surface area contributed by atoms with Gasteiger partial charge < -0.3 is 20.5 Å². The number of nitrogens with zero attached hydrogens (tertiary/aromatic N) is 2. The van der Waals surface area contributed by atoms with Crippen molar-refractivity contribution in [1.29, 1.82) is 0 Å². The topological polar surface area (TPSA) is 112 Å². The van der Waals surface area contributed by atoms with E-state index >= 15 is 0 Å². The van der Waals surface area contributed by atoms with Crippen LogP contribution in [0.5, 0.6) is 11.6 Å². The van der Waals surface area contributed by atoms with E-state index in [4.69, 9.17) is 4.74 Å². The molecule has 0 fully saturated rings. The Bertz CT molecular complexity index is 1310. The monoisotopic (exact) mass is 503 g/mol. The second-order valence-electron chi connectivity index (χ2n) is 8.21. The number of H-pyrrole nitrogens is 1. The zero-order chi connectivity index (χ0) is 25.3. The second kappa shape index (κ2) is 12.1. The lowest BCUT2D eigenvalue weighted by molar-refractivity contribution is 0.102. The fraction of sp³-hybridized carbons (Fsp3) is 0.222. The van der Waals surface area contributed by atoms with Gasteiger partial charge in [0, 0.05) is 39.7 Å². The van der Waals surface area contributed by atoms with Crippen molar-refractivity contribution in [3.63, 3.8) is 0 Å². The van der Waals surface area contributed by atoms with Crippen molar-refractivity contribution < 1.29 is 14.6 Å². The third-order valence-electron chi connectivity index (χ3n) is 5.48. The summed E-state index contributed by atoms with van der Waals surface area (Å²) < 4.78 is 5.08. The van der Waals surface area contributed by atoms with Gasteiger partial charge in [0.05, 0.1) is 19.0 Å². The van der Waals surface area contributed by atoms with Crippen LogP contribution in [-0.4, -0.2) is 33.3 Å². The summed E-state index contributed by atoms with van der Waals surface area (Å²) in [6, 6.07) is 18.3. The number of thioether (sulfide) groups is 1. The van der Waals surface area contributed by atoms with Crippen LogP contribution >= 0.6 is 11.8 Å². The maximum absolute atomic E-state index is 12.8. The molecule has 0 aliphatic carbocycles. The number of pyridine rings is 1. The summed E-state index contributed by atoms with van der Waals surface area (Å²) in [4.78, 5) is 18.0. The molecule has 1 amide bonds. The van der Waals surface area contributed by atoms with E-state index < -0.39 is 0 Å². The first-order chi connectivity index (χ1) is 17.5. The van der Waals surface area contributed by atoms with Crippen LogP contribution in [0.15, 0.2) is 71.8 Å². The average Bonchev–Trinajstić information content (AvgIpc) is 3.35. The minimum atomic E-state index is -0.202. The fourth-order valence-electron chi connectivity index (χ4n) is 3.54. The van der Waals surface area contributed by atoms with Gasteiger partial charge in [-0.15, -0.1) is 11.8 Å². The third-order valence-corrected chi connectivity index (χ3v) is 6.52. The van der Waals surface area contributed by atoms with Crippen LogP contribution in [0.2, 0.25) is 0 Å². The number of carbonyl (C=O) groups is 1. The van der Waals surface area contributed by atoms with Gasteiger partial charge in [-0.1, -0.05) is 19.4 Å². The number of methoxy groups -OCH3 is 1. The van der Waals surface area contributed by atoms with E-state index in [0.29, 0.717) is 28.7 Å². The van der Waals surface area contributed by atoms with Gasteiger partial charge in [-0.25, -0.2) is 4.98 Å². The van der Waals surface area contributed by atoms with Crippen molar-refractivity contribution >= 4 is 34.9 Å². The van der Waals surface area contributed by atoms with Crippen LogP contribution in [-0.2, 0) is 12.2 Å². The molecule has 4 N–H and O–H groups in total. The molecule has 4 rings (SSSR count). The van der Waals surface area contributed by atoms with Gasteiger partial charge in [0.15, 0.2) is 5.82 Å². The standard InChI is InChI=1S/C27H29N5O3S/c1-3-4-6-18-13-19(9-11-24(18)33)27(34)30-20-7-5-8-23(14-20)36-17-22-15-25(32-31-22)29-21-10-12-26(35-2)28-16-21/h5,7-16,33H,3-4,6,17H2,1-2H3,(H,30,34)(H2,29,31,32). The molecule has 0 spiro atoms. The summed E-state index contributed by atoms with van der Waals surface area (Å²) in [6.07, 6.45) is 4.42. The number of aryl methyl sites for hydroxylation is 1. The summed E-state index contributed by atoms with van der Waals surface area (Å²) >= 11 is 1.64. The minimum absolute atomic E-state index is 0.202. The van der Waals surface area contributed by atoms with Gasteiger partial charge >= 0.3 is 0 Å². The number of aromatic hydroxyl groups is 1. The zero-order valence-corrected chi connectivity index (χ0v) is 21.1. The van der Waals surface area contributed by atoms with E-state index in [2.05, 4.69) is 32.7 Å². The Kier molecular flexibility index (Phi) is 8.46. The first-order valence-corrected chi connectivity index (χ1v) is 12.7. The predicted octanol–water partition coefficient (Wildman–Crippen LogP) is 6.15. The van der Waals surface area contributed by atoms with Crippen molar-refractivity contribution in [2.24, 2.45) is 0 Å². The smallest absolute Gasteiger partial charge is 0.255 e. The molecule has 0 atom stereocenters. The van der Waals surface area contributed by atoms with Crippen molar-refractivity contribution in [3.8, 4) is 11.6 Å². The third kappa shape index (κ3) is 6.79. The Labute approximate surface area is 214 Å². The molecule has 9 heteroatoms. The lowest BCUT2D eigenvalue weighted by atomic mass is 10.0. The molecule has 186 valence electrons. The highest BCUT2D eigenvalue weighted by Crippen LogP contribution is 2.27. The molecule has 4 aromatic rings. The van der Waals surface area contributed by atoms with Crippen molar-refractivity contribution in [1.82, 2.24) is 15.2 Å². The zero-order valence-electron chi connectivity index (χ0n) is 20.2. The van der Waals surface area contributed by atoms with Crippen LogP contribution in [0, 0.1) is 0 Å². The van der Waals surface area contributed by atoms with Crippen LogP contribution in [0.3, 0.4) is 0 Å². The molecule has 0 unspecified atom stereocenters. The number of amides is 1. The lowest BCUT2D eigenvalue weighted by Gasteiger charge is -2.10. The van der Waals surface area contributed by atoms with Crippen molar-refractivity contribution in [2.45, 2.75) is 36.8 Å². The van der Waals surface area contributed by atoms with Gasteiger partial charge in [0.25, 0.3) is 5.91 Å². The Morgan fingerprint density at radius 3 is 2.78 bits per heavy atom. The molecule has 2 aromatic carbocycles. The summed E-state index contributed by atoms with van der Waals surface area (Å²) in [6.45, 7) is 2.10. The van der Waals surface area contributed by atoms with Crippen LogP contribution in [0.25, 0.3) is 0 Å². The number of hydrogen-bond acceptors (Lipinski definition) is 7. The number of unbranched alkanes of at least 4 members (excludes halogenated alkanes) is 1. The summed E-state index contributed by atoms with van der Waals surface area (Å²) in [7, 11) is 1.58. The maximum atomic E-state index is 12.8. The van der Waals surface area contributed by atoms with E-state index in [1.807, 2.05) is 36.4 Å². The normalized spacial score (nSPS) is 10.7. The molecule has 2 aromatic heterocycles. The Morgan fingerprint density at radius 1 is 1.11 bits per heavy atom. The maximum Gasteiger partial charge on any atom is 0.255 e. The number of ether oxygens (including phenoxy) is 1. The van der Waals surface area contributed by atoms with Gasteiger partial charge in [0.1, 0.15) is 5.75 Å². The summed E-state index contributed by atoms with van der Waals surface area (Å²) in [5, 5.41) is 23.6. The number of hydrogen-bond donors (Lipinski definition) is 4. The predicted molar refractivity (Wildman–Crippen MR) is 143 cm³/mol. The number of nitrogens with one attached hydrogen (secondary N) is 3. The Hall–Kier alpha value is -3.98. The van der Waals surface area contributed by atoms with E-state index in [0.717, 1.165) is 41.1 Å². The molecule has 2 heterocycles. The van der Waals surface area contributed by atoms with E-state index in [-0.39, 0.29) is 11.7 Å². The molecule has 0 saturated heterocycles. The Morgan fingerprint density at radius 2 is 2.00 bits per heavy atom. The number of rotatable bonds is 11. The minimum Gasteiger partial charge on any atom is -0.508 e. The van der Waals surface area contributed by atoms with E-state index in [1.54, 1.807) is 49.3 Å². The van der Waals surface area contributed by atoms with Crippen LogP contribution in [0.1, 0.15) is 41.4 Å². The molecule has 0 radical (unpaired) electrons. The first-order valence-electron chi connectivity index (χ1n) is 11.7. The Balaban J connectivity index is 1.33. The highest BCUT2D eigenvalue weighted by molar-refractivity contribution is 7.98. The highest BCUT2D eigenvalue weighted by atomic mass is 32.2. The van der Waals surface area contributed by atoms with Gasteiger partial charge in [-0.3, -0.25) is 9.89 Å². The SMILES string of the molecule is CCCCc1cc(C(=O)Nc2cccc(SCc3cc(Nc4ccc(OC)nc4)n[nH]3)c2)ccc1O.